The second kappa shape index (κ2) is 5.64. The molecule has 16 heavy (non-hydrogen) atoms. The van der Waals surface area contributed by atoms with Gasteiger partial charge in [0, 0.05) is 6.54 Å². The van der Waals surface area contributed by atoms with E-state index in [0.717, 1.165) is 32.4 Å². The molecular formula is C12H23NO3. The molecule has 1 rings (SSSR count). The van der Waals surface area contributed by atoms with E-state index in [4.69, 9.17) is 4.74 Å². The Balaban J connectivity index is 2.35. The number of nitrogens with zero attached hydrogens (tertiary/aromatic N) is 1. The van der Waals surface area contributed by atoms with Crippen LogP contribution in [-0.2, 0) is 9.53 Å². The number of carbonyl (C=O) groups excluding carboxylic acids is 1. The minimum atomic E-state index is -0.573. The van der Waals surface area contributed by atoms with Gasteiger partial charge in [0.15, 0.2) is 0 Å². The molecule has 0 saturated carbocycles. The number of ether oxygens (including phenoxy) is 1. The fourth-order valence-corrected chi connectivity index (χ4v) is 1.96. The third-order valence-corrected chi connectivity index (χ3v) is 2.88. The van der Waals surface area contributed by atoms with Crippen molar-refractivity contribution in [2.45, 2.75) is 51.7 Å². The monoisotopic (exact) mass is 229 g/mol. The summed E-state index contributed by atoms with van der Waals surface area (Å²) < 4.78 is 5.10. The second-order valence-corrected chi connectivity index (χ2v) is 5.17. The topological polar surface area (TPSA) is 49.8 Å². The maximum Gasteiger partial charge on any atom is 0.320 e. The molecule has 1 aliphatic heterocycles. The van der Waals surface area contributed by atoms with Crippen molar-refractivity contribution in [3.8, 4) is 0 Å². The van der Waals surface area contributed by atoms with Crippen molar-refractivity contribution in [3.05, 3.63) is 0 Å². The van der Waals surface area contributed by atoms with Crippen molar-refractivity contribution in [2.24, 2.45) is 0 Å². The fraction of sp³-hybridized carbons (Fsp3) is 0.917. The first-order valence-electron chi connectivity index (χ1n) is 6.03. The number of rotatable bonds is 3. The average Bonchev–Trinajstić information content (AvgIpc) is 2.26. The highest BCUT2D eigenvalue weighted by Gasteiger charge is 2.25. The molecule has 1 heterocycles. The number of hydrogen-bond acceptors (Lipinski definition) is 4. The molecule has 0 aromatic carbocycles. The smallest absolute Gasteiger partial charge is 0.320 e. The molecule has 1 N–H and O–H groups in total. The largest absolute Gasteiger partial charge is 0.462 e. The Kier molecular flexibility index (Phi) is 4.74. The van der Waals surface area contributed by atoms with Crippen LogP contribution in [0.5, 0.6) is 0 Å². The van der Waals surface area contributed by atoms with Crippen LogP contribution in [0.4, 0.5) is 0 Å². The number of esters is 1. The lowest BCUT2D eigenvalue weighted by atomic mass is 9.98. The zero-order valence-corrected chi connectivity index (χ0v) is 10.5. The van der Waals surface area contributed by atoms with Gasteiger partial charge in [-0.1, -0.05) is 0 Å². The highest BCUT2D eigenvalue weighted by Crippen LogP contribution is 2.21. The van der Waals surface area contributed by atoms with E-state index in [1.807, 2.05) is 20.8 Å². The first kappa shape index (κ1) is 13.5. The van der Waals surface area contributed by atoms with E-state index in [1.165, 1.54) is 0 Å². The average molecular weight is 229 g/mol. The standard InChI is InChI=1S/C12H23NO3/c1-10(2)16-11(14)9-13-7-4-5-12(3,15)6-8-13/h10,15H,4-9H2,1-3H3. The summed E-state index contributed by atoms with van der Waals surface area (Å²) in [7, 11) is 0. The maximum atomic E-state index is 11.5. The van der Waals surface area contributed by atoms with Gasteiger partial charge in [-0.15, -0.1) is 0 Å². The molecule has 1 fully saturated rings. The van der Waals surface area contributed by atoms with E-state index in [1.54, 1.807) is 0 Å². The molecule has 0 radical (unpaired) electrons. The molecule has 4 heteroatoms. The first-order valence-corrected chi connectivity index (χ1v) is 6.03. The van der Waals surface area contributed by atoms with Gasteiger partial charge in [-0.3, -0.25) is 9.69 Å². The Morgan fingerprint density at radius 1 is 1.44 bits per heavy atom. The molecule has 0 aromatic rings. The van der Waals surface area contributed by atoms with E-state index >= 15 is 0 Å². The minimum Gasteiger partial charge on any atom is -0.462 e. The van der Waals surface area contributed by atoms with E-state index < -0.39 is 5.60 Å². The molecule has 1 atom stereocenters. The molecule has 1 unspecified atom stereocenters. The Morgan fingerprint density at radius 3 is 2.75 bits per heavy atom. The van der Waals surface area contributed by atoms with Gasteiger partial charge in [0.1, 0.15) is 0 Å². The van der Waals surface area contributed by atoms with Crippen LogP contribution in [0.2, 0.25) is 0 Å². The molecule has 0 aromatic heterocycles. The lowest BCUT2D eigenvalue weighted by Crippen LogP contribution is -2.34. The third-order valence-electron chi connectivity index (χ3n) is 2.88. The summed E-state index contributed by atoms with van der Waals surface area (Å²) in [5, 5.41) is 9.91. The van der Waals surface area contributed by atoms with Crippen LogP contribution in [-0.4, -0.2) is 47.3 Å². The summed E-state index contributed by atoms with van der Waals surface area (Å²) in [6, 6.07) is 0. The van der Waals surface area contributed by atoms with Crippen LogP contribution in [0.15, 0.2) is 0 Å². The molecule has 0 aliphatic carbocycles. The lowest BCUT2D eigenvalue weighted by Gasteiger charge is -2.22. The molecule has 1 aliphatic rings. The summed E-state index contributed by atoms with van der Waals surface area (Å²) in [5.74, 6) is -0.170. The van der Waals surface area contributed by atoms with Crippen LogP contribution in [0.25, 0.3) is 0 Å². The van der Waals surface area contributed by atoms with Crippen LogP contribution < -0.4 is 0 Å². The van der Waals surface area contributed by atoms with Crippen LogP contribution >= 0.6 is 0 Å². The van der Waals surface area contributed by atoms with Crippen LogP contribution in [0, 0.1) is 0 Å². The van der Waals surface area contributed by atoms with Crippen molar-refractivity contribution >= 4 is 5.97 Å². The fourth-order valence-electron chi connectivity index (χ4n) is 1.96. The zero-order chi connectivity index (χ0) is 12.2. The summed E-state index contributed by atoms with van der Waals surface area (Å²) >= 11 is 0. The highest BCUT2D eigenvalue weighted by atomic mass is 16.5. The van der Waals surface area contributed by atoms with Crippen molar-refractivity contribution in [2.75, 3.05) is 19.6 Å². The van der Waals surface area contributed by atoms with Gasteiger partial charge in [0.2, 0.25) is 0 Å². The van der Waals surface area contributed by atoms with Gasteiger partial charge in [-0.25, -0.2) is 0 Å². The SMILES string of the molecule is CC(C)OC(=O)CN1CCCC(C)(O)CC1. The predicted octanol–water partition coefficient (Wildman–Crippen LogP) is 1.17. The third kappa shape index (κ3) is 4.94. The molecule has 94 valence electrons. The predicted molar refractivity (Wildman–Crippen MR) is 62.1 cm³/mol. The number of likely N-dealkylation sites (tertiary alicyclic amines) is 1. The summed E-state index contributed by atoms with van der Waals surface area (Å²) in [6.45, 7) is 7.54. The maximum absolute atomic E-state index is 11.5. The molecule has 4 nitrogen and oxygen atoms in total. The van der Waals surface area contributed by atoms with Crippen molar-refractivity contribution in [1.82, 2.24) is 4.90 Å². The van der Waals surface area contributed by atoms with Gasteiger partial charge in [0.05, 0.1) is 18.2 Å². The summed E-state index contributed by atoms with van der Waals surface area (Å²) in [4.78, 5) is 13.5. The molecular weight excluding hydrogens is 206 g/mol. The first-order chi connectivity index (χ1) is 7.39. The molecule has 0 bridgehead atoms. The number of carbonyl (C=O) groups is 1. The normalized spacial score (nSPS) is 27.8. The van der Waals surface area contributed by atoms with Gasteiger partial charge in [-0.2, -0.15) is 0 Å². The minimum absolute atomic E-state index is 0.0532. The van der Waals surface area contributed by atoms with E-state index in [-0.39, 0.29) is 12.1 Å². The Hall–Kier alpha value is -0.610. The van der Waals surface area contributed by atoms with Gasteiger partial charge >= 0.3 is 5.97 Å². The lowest BCUT2D eigenvalue weighted by molar-refractivity contribution is -0.148. The quantitative estimate of drug-likeness (QED) is 0.738. The van der Waals surface area contributed by atoms with Crippen LogP contribution in [0.3, 0.4) is 0 Å². The van der Waals surface area contributed by atoms with E-state index in [2.05, 4.69) is 4.90 Å². The van der Waals surface area contributed by atoms with Gasteiger partial charge in [-0.05, 0) is 46.6 Å². The summed E-state index contributed by atoms with van der Waals surface area (Å²) in [5.41, 5.74) is -0.573. The summed E-state index contributed by atoms with van der Waals surface area (Å²) in [6.07, 6.45) is 2.41. The van der Waals surface area contributed by atoms with Gasteiger partial charge in [0.25, 0.3) is 0 Å². The Bertz CT molecular complexity index is 238. The Labute approximate surface area is 97.6 Å². The van der Waals surface area contributed by atoms with Gasteiger partial charge < -0.3 is 9.84 Å². The molecule has 0 spiro atoms. The van der Waals surface area contributed by atoms with E-state index in [9.17, 15) is 9.90 Å². The van der Waals surface area contributed by atoms with Crippen LogP contribution in [0.1, 0.15) is 40.0 Å². The Morgan fingerprint density at radius 2 is 2.12 bits per heavy atom. The molecule has 1 saturated heterocycles. The number of aliphatic hydroxyl groups is 1. The second-order valence-electron chi connectivity index (χ2n) is 5.17. The molecule has 0 amide bonds. The highest BCUT2D eigenvalue weighted by molar-refractivity contribution is 5.71. The van der Waals surface area contributed by atoms with E-state index in [0.29, 0.717) is 6.54 Å². The number of hydrogen-bond donors (Lipinski definition) is 1. The van der Waals surface area contributed by atoms with Crippen molar-refractivity contribution < 1.29 is 14.6 Å². The van der Waals surface area contributed by atoms with Crippen molar-refractivity contribution in [3.63, 3.8) is 0 Å². The zero-order valence-electron chi connectivity index (χ0n) is 10.5. The van der Waals surface area contributed by atoms with Crippen molar-refractivity contribution in [1.29, 1.82) is 0 Å².